The monoisotopic (exact) mass is 242 g/mol. The fourth-order valence-electron chi connectivity index (χ4n) is 0.869. The van der Waals surface area contributed by atoms with Crippen molar-refractivity contribution in [1.29, 1.82) is 0 Å². The maximum absolute atomic E-state index is 4.59. The van der Waals surface area contributed by atoms with E-state index >= 15 is 0 Å². The molecule has 0 unspecified atom stereocenters. The summed E-state index contributed by atoms with van der Waals surface area (Å²) in [4.78, 5) is 0. The van der Waals surface area contributed by atoms with Gasteiger partial charge in [-0.3, -0.25) is 0 Å². The van der Waals surface area contributed by atoms with Gasteiger partial charge in [0, 0.05) is 0 Å². The van der Waals surface area contributed by atoms with Gasteiger partial charge in [-0.25, -0.2) is 0 Å². The molecule has 0 amide bonds. The van der Waals surface area contributed by atoms with Crippen LogP contribution in [0.25, 0.3) is 0 Å². The zero-order valence-corrected chi connectivity index (χ0v) is 10.9. The first kappa shape index (κ1) is 14.6. The summed E-state index contributed by atoms with van der Waals surface area (Å²) < 4.78 is 9.19. The van der Waals surface area contributed by atoms with Crippen LogP contribution in [-0.2, 0) is 26.6 Å². The van der Waals surface area contributed by atoms with E-state index in [1.807, 2.05) is 0 Å². The molecule has 0 saturated carbocycles. The van der Waals surface area contributed by atoms with Crippen molar-refractivity contribution in [2.45, 2.75) is 12.8 Å². The Kier molecular flexibility index (Phi) is 13.2. The van der Waals surface area contributed by atoms with E-state index in [4.69, 9.17) is 0 Å². The predicted octanol–water partition coefficient (Wildman–Crippen LogP) is 3.20. The summed E-state index contributed by atoms with van der Waals surface area (Å²) in [6.07, 6.45) is 19.0. The Morgan fingerprint density at radius 1 is 0.733 bits per heavy atom. The van der Waals surface area contributed by atoms with E-state index in [1.165, 1.54) is 0 Å². The summed E-state index contributed by atoms with van der Waals surface area (Å²) in [7, 11) is 3.28. The Labute approximate surface area is 102 Å². The van der Waals surface area contributed by atoms with Gasteiger partial charge in [0.2, 0.25) is 0 Å². The average Bonchev–Trinajstić information content (AvgIpc) is 2.99. The maximum atomic E-state index is 4.59. The van der Waals surface area contributed by atoms with E-state index in [0.29, 0.717) is 0 Å². The Morgan fingerprint density at radius 3 is 1.13 bits per heavy atom. The van der Waals surface area contributed by atoms with Gasteiger partial charge in [-0.05, 0) is 12.8 Å². The summed E-state index contributed by atoms with van der Waals surface area (Å²) in [5.74, 6) is 0. The Morgan fingerprint density at radius 2 is 1.07 bits per heavy atom. The topological polar surface area (TPSA) is 18.5 Å². The van der Waals surface area contributed by atoms with Crippen LogP contribution >= 0.6 is 0 Å². The first-order valence-corrected chi connectivity index (χ1v) is 6.13. The second-order valence-corrected chi connectivity index (χ2v) is 4.21. The molecule has 2 aliphatic carbocycles. The minimum absolute atomic E-state index is 0.472. The van der Waals surface area contributed by atoms with E-state index < -0.39 is 19.9 Å². The molecular formula is C12H18O2Ti. The van der Waals surface area contributed by atoms with Gasteiger partial charge < -0.3 is 0 Å². The molecular weight excluding hydrogens is 224 g/mol. The summed E-state index contributed by atoms with van der Waals surface area (Å²) >= 11 is -0.472. The molecule has 0 N–H and O–H groups in total. The Hall–Kier alpha value is -0.406. The van der Waals surface area contributed by atoms with Crippen molar-refractivity contribution in [2.75, 3.05) is 14.2 Å². The third-order valence-corrected chi connectivity index (χ3v) is 2.00. The SMILES string of the molecule is C1=CCC=C1.C1=CCC=C1.C[O][Ti][O]C. The summed E-state index contributed by atoms with van der Waals surface area (Å²) in [6, 6.07) is 0. The molecule has 0 aliphatic heterocycles. The van der Waals surface area contributed by atoms with E-state index in [1.54, 1.807) is 14.2 Å². The standard InChI is InChI=1S/2C5H6.2CH3O.Ti/c2*1-2-4-5-3-1;2*1-2;/h2*1-4H,5H2;2*1H3;/q;;2*-1;+2. The van der Waals surface area contributed by atoms with Crippen LogP contribution in [0, 0.1) is 0 Å². The van der Waals surface area contributed by atoms with Gasteiger partial charge >= 0.3 is 40.8 Å². The predicted molar refractivity (Wildman–Crippen MR) is 59.8 cm³/mol. The number of rotatable bonds is 2. The van der Waals surface area contributed by atoms with Crippen molar-refractivity contribution >= 4 is 0 Å². The summed E-state index contributed by atoms with van der Waals surface area (Å²) in [5, 5.41) is 0. The first-order valence-electron chi connectivity index (χ1n) is 4.86. The molecule has 0 fully saturated rings. The molecule has 2 rings (SSSR count). The zero-order chi connectivity index (χ0) is 11.2. The van der Waals surface area contributed by atoms with Gasteiger partial charge in [-0.15, -0.1) is 0 Å². The van der Waals surface area contributed by atoms with Crippen LogP contribution in [-0.4, -0.2) is 14.2 Å². The molecule has 0 spiro atoms. The Balaban J connectivity index is 0.000000196. The molecule has 2 aliphatic rings. The molecule has 0 aromatic rings. The van der Waals surface area contributed by atoms with E-state index in [2.05, 4.69) is 55.2 Å². The van der Waals surface area contributed by atoms with E-state index in [9.17, 15) is 0 Å². The van der Waals surface area contributed by atoms with Crippen molar-refractivity contribution in [3.63, 3.8) is 0 Å². The van der Waals surface area contributed by atoms with Gasteiger partial charge in [0.05, 0.1) is 0 Å². The van der Waals surface area contributed by atoms with Crippen molar-refractivity contribution in [3.05, 3.63) is 48.6 Å². The molecule has 2 nitrogen and oxygen atoms in total. The molecule has 0 saturated heterocycles. The van der Waals surface area contributed by atoms with Crippen LogP contribution < -0.4 is 0 Å². The number of hydrogen-bond acceptors (Lipinski definition) is 2. The average molecular weight is 242 g/mol. The third kappa shape index (κ3) is 13.6. The molecule has 15 heavy (non-hydrogen) atoms. The number of allylic oxidation sites excluding steroid dienone is 8. The molecule has 0 aromatic carbocycles. The van der Waals surface area contributed by atoms with Crippen LogP contribution in [0.1, 0.15) is 12.8 Å². The molecule has 0 heterocycles. The van der Waals surface area contributed by atoms with Crippen LogP contribution in [0.4, 0.5) is 0 Å². The van der Waals surface area contributed by atoms with Crippen molar-refractivity contribution in [1.82, 2.24) is 0 Å². The van der Waals surface area contributed by atoms with Crippen molar-refractivity contribution < 1.29 is 26.6 Å². The Bertz CT molecular complexity index is 186. The zero-order valence-electron chi connectivity index (χ0n) is 9.35. The number of hydrogen-bond donors (Lipinski definition) is 0. The quantitative estimate of drug-likeness (QED) is 0.692. The molecule has 82 valence electrons. The summed E-state index contributed by atoms with van der Waals surface area (Å²) in [5.41, 5.74) is 0. The molecule has 0 aromatic heterocycles. The van der Waals surface area contributed by atoms with Crippen LogP contribution in [0.5, 0.6) is 0 Å². The second kappa shape index (κ2) is 13.6. The van der Waals surface area contributed by atoms with E-state index in [0.717, 1.165) is 12.8 Å². The van der Waals surface area contributed by atoms with Crippen LogP contribution in [0.15, 0.2) is 48.6 Å². The van der Waals surface area contributed by atoms with Crippen LogP contribution in [0.2, 0.25) is 0 Å². The first-order chi connectivity index (χ1) is 7.41. The van der Waals surface area contributed by atoms with Gasteiger partial charge in [-0.2, -0.15) is 0 Å². The van der Waals surface area contributed by atoms with Crippen molar-refractivity contribution in [3.8, 4) is 0 Å². The second-order valence-electron chi connectivity index (χ2n) is 2.68. The molecule has 0 atom stereocenters. The van der Waals surface area contributed by atoms with Gasteiger partial charge in [0.15, 0.2) is 0 Å². The summed E-state index contributed by atoms with van der Waals surface area (Å²) in [6.45, 7) is 0. The molecule has 0 bridgehead atoms. The van der Waals surface area contributed by atoms with E-state index in [-0.39, 0.29) is 0 Å². The normalized spacial score (nSPS) is 14.3. The molecule has 0 radical (unpaired) electrons. The third-order valence-electron chi connectivity index (χ3n) is 1.48. The van der Waals surface area contributed by atoms with Crippen LogP contribution in [0.3, 0.4) is 0 Å². The molecule has 3 heteroatoms. The van der Waals surface area contributed by atoms with Gasteiger partial charge in [0.1, 0.15) is 0 Å². The van der Waals surface area contributed by atoms with Gasteiger partial charge in [0.25, 0.3) is 0 Å². The fraction of sp³-hybridized carbons (Fsp3) is 0.333. The minimum atomic E-state index is -0.472. The van der Waals surface area contributed by atoms with Crippen molar-refractivity contribution in [2.24, 2.45) is 0 Å². The van der Waals surface area contributed by atoms with Gasteiger partial charge in [-0.1, -0.05) is 48.6 Å². The fourth-order valence-corrected chi connectivity index (χ4v) is 1.13.